The molecule has 1 amide bonds. The summed E-state index contributed by atoms with van der Waals surface area (Å²) in [4.78, 5) is 12.9. The molecule has 0 aromatic heterocycles. The maximum atomic E-state index is 13.4. The van der Waals surface area contributed by atoms with Crippen LogP contribution in [0.15, 0.2) is 77.7 Å². The molecule has 0 saturated carbocycles. The number of methoxy groups -OCH3 is 1. The maximum Gasteiger partial charge on any atom is 0.264 e. The van der Waals surface area contributed by atoms with Crippen molar-refractivity contribution in [1.29, 1.82) is 0 Å². The lowest BCUT2D eigenvalue weighted by molar-refractivity contribution is -0.120. The topological polar surface area (TPSA) is 84.9 Å². The van der Waals surface area contributed by atoms with Crippen LogP contribution in [0.4, 0.5) is 5.69 Å². The van der Waals surface area contributed by atoms with Gasteiger partial charge in [0.15, 0.2) is 0 Å². The number of carbonyl (C=O) groups is 1. The normalized spacial score (nSPS) is 12.0. The molecule has 0 aliphatic carbocycles. The van der Waals surface area contributed by atoms with Gasteiger partial charge < -0.3 is 14.8 Å². The molecule has 10 heteroatoms. The highest BCUT2D eigenvalue weighted by Crippen LogP contribution is 2.29. The molecule has 180 valence electrons. The van der Waals surface area contributed by atoms with Gasteiger partial charge in [0.25, 0.3) is 10.0 Å². The van der Waals surface area contributed by atoms with E-state index >= 15 is 0 Å². The van der Waals surface area contributed by atoms with E-state index in [4.69, 9.17) is 32.7 Å². The summed E-state index contributed by atoms with van der Waals surface area (Å²) in [5, 5.41) is 3.26. The number of halogens is 2. The Hall–Kier alpha value is -2.94. The lowest BCUT2D eigenvalue weighted by Crippen LogP contribution is -2.45. The Morgan fingerprint density at radius 3 is 2.15 bits per heavy atom. The Labute approximate surface area is 209 Å². The first-order valence-corrected chi connectivity index (χ1v) is 12.5. The molecule has 0 heterocycles. The van der Waals surface area contributed by atoms with Gasteiger partial charge in [-0.2, -0.15) is 0 Å². The zero-order chi connectivity index (χ0) is 24.7. The van der Waals surface area contributed by atoms with Crippen LogP contribution in [0.2, 0.25) is 10.0 Å². The smallest absolute Gasteiger partial charge is 0.264 e. The van der Waals surface area contributed by atoms with E-state index in [0.717, 1.165) is 4.31 Å². The molecule has 3 rings (SSSR count). The van der Waals surface area contributed by atoms with Crippen LogP contribution in [-0.4, -0.2) is 40.6 Å². The number of nitrogens with zero attached hydrogens (tertiary/aromatic N) is 1. The molecular weight excluding hydrogens is 499 g/mol. The SMILES string of the molecule is COc1ccc(OCC(C)NC(=O)CN(c2cc(Cl)cc(Cl)c2)S(=O)(=O)c2ccccc2)cc1. The fourth-order valence-corrected chi connectivity index (χ4v) is 5.04. The number of ether oxygens (including phenoxy) is 2. The van der Waals surface area contributed by atoms with E-state index in [1.165, 1.54) is 30.3 Å². The number of carbonyl (C=O) groups excluding carboxylic acids is 1. The average Bonchev–Trinajstić information content (AvgIpc) is 2.81. The summed E-state index contributed by atoms with van der Waals surface area (Å²) in [6.45, 7) is 1.47. The number of anilines is 1. The Morgan fingerprint density at radius 2 is 1.56 bits per heavy atom. The van der Waals surface area contributed by atoms with Crippen LogP contribution < -0.4 is 19.1 Å². The number of rotatable bonds is 10. The van der Waals surface area contributed by atoms with Crippen LogP contribution in [0.5, 0.6) is 11.5 Å². The second-order valence-electron chi connectivity index (χ2n) is 7.41. The van der Waals surface area contributed by atoms with Gasteiger partial charge in [-0.3, -0.25) is 9.10 Å². The number of nitrogens with one attached hydrogen (secondary N) is 1. The highest BCUT2D eigenvalue weighted by atomic mass is 35.5. The van der Waals surface area contributed by atoms with Gasteiger partial charge in [-0.25, -0.2) is 8.42 Å². The molecule has 34 heavy (non-hydrogen) atoms. The summed E-state index contributed by atoms with van der Waals surface area (Å²) in [5.41, 5.74) is 0.179. The fraction of sp³-hybridized carbons (Fsp3) is 0.208. The van der Waals surface area contributed by atoms with Gasteiger partial charge in [0.05, 0.1) is 23.7 Å². The second kappa shape index (κ2) is 11.5. The van der Waals surface area contributed by atoms with Crippen molar-refractivity contribution in [3.8, 4) is 11.5 Å². The van der Waals surface area contributed by atoms with Crippen LogP contribution >= 0.6 is 23.2 Å². The summed E-state index contributed by atoms with van der Waals surface area (Å²) in [6.07, 6.45) is 0. The Bertz CT molecular complexity index is 1200. The van der Waals surface area contributed by atoms with Crippen molar-refractivity contribution in [2.75, 3.05) is 24.6 Å². The third-order valence-electron chi connectivity index (χ3n) is 4.72. The number of sulfonamides is 1. The van der Waals surface area contributed by atoms with E-state index < -0.39 is 22.5 Å². The lowest BCUT2D eigenvalue weighted by Gasteiger charge is -2.25. The quantitative estimate of drug-likeness (QED) is 0.414. The summed E-state index contributed by atoms with van der Waals surface area (Å²) in [6, 6.07) is 18.8. The van der Waals surface area contributed by atoms with Crippen molar-refractivity contribution in [3.05, 3.63) is 82.8 Å². The molecule has 0 spiro atoms. The van der Waals surface area contributed by atoms with E-state index in [9.17, 15) is 13.2 Å². The zero-order valence-electron chi connectivity index (χ0n) is 18.6. The van der Waals surface area contributed by atoms with Crippen LogP contribution in [0.25, 0.3) is 0 Å². The van der Waals surface area contributed by atoms with Gasteiger partial charge in [0.1, 0.15) is 24.7 Å². The Morgan fingerprint density at radius 1 is 0.971 bits per heavy atom. The molecule has 0 aliphatic heterocycles. The lowest BCUT2D eigenvalue weighted by atomic mass is 10.3. The molecule has 0 bridgehead atoms. The Balaban J connectivity index is 1.74. The molecule has 0 fully saturated rings. The molecular formula is C24H24Cl2N2O5S. The second-order valence-corrected chi connectivity index (χ2v) is 10.1. The van der Waals surface area contributed by atoms with Gasteiger partial charge in [0, 0.05) is 10.0 Å². The van der Waals surface area contributed by atoms with E-state index in [1.807, 2.05) is 0 Å². The molecule has 7 nitrogen and oxygen atoms in total. The van der Waals surface area contributed by atoms with Crippen molar-refractivity contribution >= 4 is 44.8 Å². The summed E-state index contributed by atoms with van der Waals surface area (Å²) < 4.78 is 38.5. The van der Waals surface area contributed by atoms with Crippen LogP contribution in [0.3, 0.4) is 0 Å². The van der Waals surface area contributed by atoms with E-state index in [2.05, 4.69) is 5.32 Å². The van der Waals surface area contributed by atoms with Crippen LogP contribution in [0, 0.1) is 0 Å². The molecule has 1 unspecified atom stereocenters. The van der Waals surface area contributed by atoms with E-state index in [0.29, 0.717) is 11.5 Å². The molecule has 1 atom stereocenters. The third kappa shape index (κ3) is 6.79. The van der Waals surface area contributed by atoms with Gasteiger partial charge in [-0.1, -0.05) is 41.4 Å². The highest BCUT2D eigenvalue weighted by molar-refractivity contribution is 7.92. The summed E-state index contributed by atoms with van der Waals surface area (Å²) in [5.74, 6) is 0.805. The molecule has 0 radical (unpaired) electrons. The van der Waals surface area contributed by atoms with Gasteiger partial charge in [0.2, 0.25) is 5.91 Å². The minimum absolute atomic E-state index is 0.0368. The first-order valence-electron chi connectivity index (χ1n) is 10.3. The van der Waals surface area contributed by atoms with Crippen molar-refractivity contribution in [2.45, 2.75) is 17.9 Å². The minimum atomic E-state index is -4.07. The van der Waals surface area contributed by atoms with Crippen LogP contribution in [0.1, 0.15) is 6.92 Å². The minimum Gasteiger partial charge on any atom is -0.497 e. The average molecular weight is 523 g/mol. The summed E-state index contributed by atoms with van der Waals surface area (Å²) in [7, 11) is -2.49. The number of hydrogen-bond acceptors (Lipinski definition) is 5. The first kappa shape index (κ1) is 25.7. The zero-order valence-corrected chi connectivity index (χ0v) is 20.9. The Kier molecular flexibility index (Phi) is 8.66. The number of amides is 1. The fourth-order valence-electron chi connectivity index (χ4n) is 3.10. The third-order valence-corrected chi connectivity index (χ3v) is 6.95. The molecule has 3 aromatic rings. The molecule has 0 saturated heterocycles. The van der Waals surface area contributed by atoms with E-state index in [-0.39, 0.29) is 33.3 Å². The largest absolute Gasteiger partial charge is 0.497 e. The van der Waals surface area contributed by atoms with Crippen molar-refractivity contribution in [2.24, 2.45) is 0 Å². The van der Waals surface area contributed by atoms with Gasteiger partial charge in [-0.15, -0.1) is 0 Å². The molecule has 3 aromatic carbocycles. The van der Waals surface area contributed by atoms with Crippen molar-refractivity contribution < 1.29 is 22.7 Å². The van der Waals surface area contributed by atoms with Gasteiger partial charge >= 0.3 is 0 Å². The van der Waals surface area contributed by atoms with Gasteiger partial charge in [-0.05, 0) is 61.5 Å². The summed E-state index contributed by atoms with van der Waals surface area (Å²) >= 11 is 12.2. The maximum absolute atomic E-state index is 13.4. The standard InChI is InChI=1S/C24H24Cl2N2O5S/c1-17(16-33-22-10-8-21(32-2)9-11-22)27-24(29)15-28(20-13-18(25)12-19(26)14-20)34(30,31)23-6-4-3-5-7-23/h3-14,17H,15-16H2,1-2H3,(H,27,29). The monoisotopic (exact) mass is 522 g/mol. The molecule has 0 aliphatic rings. The predicted octanol–water partition coefficient (Wildman–Crippen LogP) is 4.78. The number of hydrogen-bond donors (Lipinski definition) is 1. The first-order chi connectivity index (χ1) is 16.2. The predicted molar refractivity (Wildman–Crippen MR) is 134 cm³/mol. The highest BCUT2D eigenvalue weighted by Gasteiger charge is 2.28. The van der Waals surface area contributed by atoms with Crippen molar-refractivity contribution in [1.82, 2.24) is 5.32 Å². The number of benzene rings is 3. The van der Waals surface area contributed by atoms with Crippen molar-refractivity contribution in [3.63, 3.8) is 0 Å². The van der Waals surface area contributed by atoms with Crippen LogP contribution in [-0.2, 0) is 14.8 Å². The molecule has 1 N–H and O–H groups in total. The van der Waals surface area contributed by atoms with E-state index in [1.54, 1.807) is 56.5 Å².